The Morgan fingerprint density at radius 3 is 2.27 bits per heavy atom. The minimum atomic E-state index is -0.278. The van der Waals surface area contributed by atoms with Crippen molar-refractivity contribution in [3.63, 3.8) is 0 Å². The van der Waals surface area contributed by atoms with Crippen LogP contribution in [-0.4, -0.2) is 19.5 Å². The molecule has 0 fully saturated rings. The number of aryl methyl sites for hydroxylation is 1. The van der Waals surface area contributed by atoms with Crippen molar-refractivity contribution in [1.29, 1.82) is 0 Å². The second-order valence-corrected chi connectivity index (χ2v) is 7.27. The topological polar surface area (TPSA) is 69.6 Å². The van der Waals surface area contributed by atoms with Gasteiger partial charge < -0.3 is 5.73 Å². The van der Waals surface area contributed by atoms with Crippen LogP contribution in [0.25, 0.3) is 39.5 Å². The first-order valence-electron chi connectivity index (χ1n) is 11.1. The van der Waals surface area contributed by atoms with Crippen molar-refractivity contribution in [2.45, 2.75) is 27.2 Å². The molecule has 0 atom stereocenters. The van der Waals surface area contributed by atoms with Crippen LogP contribution in [0.15, 0.2) is 79.0 Å². The van der Waals surface area contributed by atoms with E-state index in [-0.39, 0.29) is 5.82 Å². The molecular formula is C27H26FN5. The van der Waals surface area contributed by atoms with Crippen molar-refractivity contribution in [3.8, 4) is 28.3 Å². The number of hydrogen-bond acceptors (Lipinski definition) is 4. The Morgan fingerprint density at radius 2 is 1.61 bits per heavy atom. The zero-order valence-electron chi connectivity index (χ0n) is 19.0. The molecule has 5 aromatic rings. The molecule has 5 nitrogen and oxygen atoms in total. The van der Waals surface area contributed by atoms with Crippen LogP contribution >= 0.6 is 0 Å². The number of benzene rings is 2. The van der Waals surface area contributed by atoms with Gasteiger partial charge >= 0.3 is 0 Å². The molecule has 0 saturated heterocycles. The molecule has 3 heterocycles. The van der Waals surface area contributed by atoms with Crippen molar-refractivity contribution in [3.05, 3.63) is 90.4 Å². The van der Waals surface area contributed by atoms with E-state index in [1.54, 1.807) is 18.3 Å². The molecule has 2 N–H and O–H groups in total. The molecule has 6 heteroatoms. The number of nitrogen functional groups attached to an aromatic ring is 1. The number of nitrogens with two attached hydrogens (primary N) is 1. The van der Waals surface area contributed by atoms with Gasteiger partial charge in [0.1, 0.15) is 17.2 Å². The van der Waals surface area contributed by atoms with Gasteiger partial charge in [0.25, 0.3) is 0 Å². The van der Waals surface area contributed by atoms with Crippen LogP contribution in [0.3, 0.4) is 0 Å². The van der Waals surface area contributed by atoms with Crippen LogP contribution in [0, 0.1) is 5.82 Å². The van der Waals surface area contributed by atoms with Crippen molar-refractivity contribution >= 4 is 17.0 Å². The van der Waals surface area contributed by atoms with Crippen LogP contribution in [0.1, 0.15) is 26.3 Å². The summed E-state index contributed by atoms with van der Waals surface area (Å²) in [5.74, 6) is 0.803. The maximum Gasteiger partial charge on any atom is 0.165 e. The van der Waals surface area contributed by atoms with Gasteiger partial charge in [0, 0.05) is 17.4 Å². The second-order valence-electron chi connectivity index (χ2n) is 7.27. The van der Waals surface area contributed by atoms with E-state index in [1.165, 1.54) is 17.7 Å². The Kier molecular flexibility index (Phi) is 6.45. The lowest BCUT2D eigenvalue weighted by Gasteiger charge is -2.11. The second kappa shape index (κ2) is 9.61. The number of hydrogen-bond donors (Lipinski definition) is 1. The Balaban J connectivity index is 0.00000126. The highest BCUT2D eigenvalue weighted by atomic mass is 19.1. The van der Waals surface area contributed by atoms with E-state index in [0.29, 0.717) is 17.3 Å². The Hall–Kier alpha value is -4.06. The largest absolute Gasteiger partial charge is 0.383 e. The highest BCUT2D eigenvalue weighted by Crippen LogP contribution is 2.31. The molecule has 0 aliphatic heterocycles. The van der Waals surface area contributed by atoms with E-state index in [2.05, 4.69) is 36.2 Å². The lowest BCUT2D eigenvalue weighted by atomic mass is 10.1. The number of fused-ring (bicyclic) bond motifs is 1. The summed E-state index contributed by atoms with van der Waals surface area (Å²) < 4.78 is 15.4. The molecule has 33 heavy (non-hydrogen) atoms. The molecule has 5 rings (SSSR count). The van der Waals surface area contributed by atoms with Gasteiger partial charge in [0.15, 0.2) is 11.5 Å². The van der Waals surface area contributed by atoms with E-state index < -0.39 is 0 Å². The third-order valence-corrected chi connectivity index (χ3v) is 5.33. The van der Waals surface area contributed by atoms with Crippen LogP contribution in [0.5, 0.6) is 0 Å². The maximum absolute atomic E-state index is 13.4. The van der Waals surface area contributed by atoms with Gasteiger partial charge in [-0.05, 0) is 72.6 Å². The molecule has 0 bridgehead atoms. The van der Waals surface area contributed by atoms with Crippen molar-refractivity contribution < 1.29 is 4.39 Å². The summed E-state index contributed by atoms with van der Waals surface area (Å²) >= 11 is 0. The van der Waals surface area contributed by atoms with Crippen LogP contribution in [-0.2, 0) is 6.42 Å². The number of halogens is 1. The third-order valence-electron chi connectivity index (χ3n) is 5.33. The lowest BCUT2D eigenvalue weighted by Crippen LogP contribution is -2.02. The summed E-state index contributed by atoms with van der Waals surface area (Å²) in [5.41, 5.74) is 12.1. The fraction of sp³-hybridized carbons (Fsp3) is 0.148. The molecule has 0 amide bonds. The average Bonchev–Trinajstić information content (AvgIpc) is 3.24. The van der Waals surface area contributed by atoms with Crippen LogP contribution in [0.4, 0.5) is 10.2 Å². The van der Waals surface area contributed by atoms with Crippen molar-refractivity contribution in [2.24, 2.45) is 0 Å². The SMILES string of the molecule is CC.CCc1ccc(-n2c(-c3cccnc3N)nc3ccc(-c4ccc(F)cc4)nc32)cc1. The zero-order valence-corrected chi connectivity index (χ0v) is 19.0. The number of anilines is 1. The smallest absolute Gasteiger partial charge is 0.165 e. The first-order chi connectivity index (χ1) is 16.1. The minimum Gasteiger partial charge on any atom is -0.383 e. The van der Waals surface area contributed by atoms with Gasteiger partial charge in [0.05, 0.1) is 11.3 Å². The molecule has 0 spiro atoms. The third kappa shape index (κ3) is 4.32. The lowest BCUT2D eigenvalue weighted by molar-refractivity contribution is 0.628. The van der Waals surface area contributed by atoms with Gasteiger partial charge in [-0.3, -0.25) is 4.57 Å². The quantitative estimate of drug-likeness (QED) is 0.349. The van der Waals surface area contributed by atoms with Gasteiger partial charge in [-0.1, -0.05) is 32.9 Å². The summed E-state index contributed by atoms with van der Waals surface area (Å²) in [6.45, 7) is 6.12. The Morgan fingerprint density at radius 1 is 0.879 bits per heavy atom. The van der Waals surface area contributed by atoms with E-state index in [9.17, 15) is 4.39 Å². The van der Waals surface area contributed by atoms with E-state index >= 15 is 0 Å². The van der Waals surface area contributed by atoms with Crippen LogP contribution < -0.4 is 5.73 Å². The molecule has 0 aliphatic rings. The summed E-state index contributed by atoms with van der Waals surface area (Å²) in [6.07, 6.45) is 2.62. The molecule has 2 aromatic carbocycles. The molecular weight excluding hydrogens is 413 g/mol. The highest BCUT2D eigenvalue weighted by molar-refractivity contribution is 5.84. The number of rotatable bonds is 4. The normalized spacial score (nSPS) is 10.7. The fourth-order valence-electron chi connectivity index (χ4n) is 3.65. The Labute approximate surface area is 192 Å². The summed E-state index contributed by atoms with van der Waals surface area (Å²) in [6, 6.07) is 22.2. The summed E-state index contributed by atoms with van der Waals surface area (Å²) in [4.78, 5) is 13.9. The summed E-state index contributed by atoms with van der Waals surface area (Å²) in [7, 11) is 0. The predicted octanol–water partition coefficient (Wildman–Crippen LogP) is 6.46. The monoisotopic (exact) mass is 439 g/mol. The van der Waals surface area contributed by atoms with E-state index in [1.807, 2.05) is 42.7 Å². The molecule has 0 aliphatic carbocycles. The van der Waals surface area contributed by atoms with E-state index in [0.717, 1.165) is 34.4 Å². The first kappa shape index (κ1) is 22.1. The standard InChI is InChI=1S/C25H20FN5.C2H6/c1-2-16-5-11-19(12-6-16)31-24(20-4-3-15-28-23(20)27)30-22-14-13-21(29-25(22)31)17-7-9-18(26)10-8-17;1-2/h3-15H,2H2,1H3,(H2,27,28);1-2H3. The molecule has 166 valence electrons. The summed E-state index contributed by atoms with van der Waals surface area (Å²) in [5, 5.41) is 0. The predicted molar refractivity (Wildman–Crippen MR) is 133 cm³/mol. The van der Waals surface area contributed by atoms with Crippen molar-refractivity contribution in [1.82, 2.24) is 19.5 Å². The van der Waals surface area contributed by atoms with Gasteiger partial charge in [-0.2, -0.15) is 0 Å². The number of aromatic nitrogens is 4. The molecule has 0 saturated carbocycles. The van der Waals surface area contributed by atoms with Crippen LogP contribution in [0.2, 0.25) is 0 Å². The highest BCUT2D eigenvalue weighted by Gasteiger charge is 2.18. The molecule has 0 radical (unpaired) electrons. The first-order valence-corrected chi connectivity index (χ1v) is 11.1. The van der Waals surface area contributed by atoms with E-state index in [4.69, 9.17) is 15.7 Å². The number of imidazole rings is 1. The maximum atomic E-state index is 13.4. The minimum absolute atomic E-state index is 0.278. The average molecular weight is 440 g/mol. The van der Waals surface area contributed by atoms with Crippen molar-refractivity contribution in [2.75, 3.05) is 5.73 Å². The Bertz CT molecular complexity index is 1370. The number of nitrogens with zero attached hydrogens (tertiary/aromatic N) is 4. The molecule has 3 aromatic heterocycles. The zero-order chi connectivity index (χ0) is 23.4. The van der Waals surface area contributed by atoms with Gasteiger partial charge in [0.2, 0.25) is 0 Å². The molecule has 0 unspecified atom stereocenters. The van der Waals surface area contributed by atoms with Gasteiger partial charge in [-0.25, -0.2) is 19.3 Å². The fourth-order valence-corrected chi connectivity index (χ4v) is 3.65. The number of pyridine rings is 2. The van der Waals surface area contributed by atoms with Gasteiger partial charge in [-0.15, -0.1) is 0 Å².